The molecule has 2 rings (SSSR count). The molecule has 0 fully saturated rings. The van der Waals surface area contributed by atoms with Crippen molar-refractivity contribution in [1.82, 2.24) is 10.2 Å². The summed E-state index contributed by atoms with van der Waals surface area (Å²) in [6.45, 7) is 8.56. The van der Waals surface area contributed by atoms with Crippen LogP contribution in [0.15, 0.2) is 48.5 Å². The minimum atomic E-state index is -0.583. The highest BCUT2D eigenvalue weighted by atomic mass is 16.5. The van der Waals surface area contributed by atoms with E-state index >= 15 is 0 Å². The Labute approximate surface area is 191 Å². The van der Waals surface area contributed by atoms with E-state index in [9.17, 15) is 9.59 Å². The van der Waals surface area contributed by atoms with Crippen molar-refractivity contribution in [2.45, 2.75) is 65.6 Å². The number of hydrogen-bond acceptors (Lipinski definition) is 4. The Kier molecular flexibility index (Phi) is 10.1. The van der Waals surface area contributed by atoms with Gasteiger partial charge >= 0.3 is 0 Å². The Balaban J connectivity index is 2.03. The summed E-state index contributed by atoms with van der Waals surface area (Å²) in [5, 5.41) is 2.98. The fourth-order valence-corrected chi connectivity index (χ4v) is 3.21. The highest BCUT2D eigenvalue weighted by Crippen LogP contribution is 2.18. The van der Waals surface area contributed by atoms with Crippen molar-refractivity contribution in [3.8, 4) is 11.5 Å². The van der Waals surface area contributed by atoms with Crippen LogP contribution in [0.4, 0.5) is 0 Å². The molecule has 6 nitrogen and oxygen atoms in total. The Morgan fingerprint density at radius 3 is 2.44 bits per heavy atom. The van der Waals surface area contributed by atoms with E-state index in [1.54, 1.807) is 18.9 Å². The van der Waals surface area contributed by atoms with Gasteiger partial charge in [0.2, 0.25) is 11.8 Å². The molecule has 0 saturated heterocycles. The second-order valence-electron chi connectivity index (χ2n) is 8.13. The second kappa shape index (κ2) is 12.7. The molecule has 0 aliphatic heterocycles. The number of nitrogens with zero attached hydrogens (tertiary/aromatic N) is 1. The maximum absolute atomic E-state index is 13.1. The van der Waals surface area contributed by atoms with Gasteiger partial charge in [-0.1, -0.05) is 36.8 Å². The van der Waals surface area contributed by atoms with Crippen LogP contribution in [0.1, 0.15) is 51.2 Å². The van der Waals surface area contributed by atoms with Crippen LogP contribution in [0.3, 0.4) is 0 Å². The number of benzene rings is 2. The zero-order valence-electron chi connectivity index (χ0n) is 19.9. The molecule has 0 aromatic heterocycles. The molecule has 2 aromatic carbocycles. The topological polar surface area (TPSA) is 67.9 Å². The van der Waals surface area contributed by atoms with Crippen molar-refractivity contribution in [1.29, 1.82) is 0 Å². The average Bonchev–Trinajstić information content (AvgIpc) is 2.80. The molecule has 6 heteroatoms. The third-order valence-corrected chi connectivity index (χ3v) is 5.48. The van der Waals surface area contributed by atoms with Crippen molar-refractivity contribution >= 4 is 11.8 Å². The summed E-state index contributed by atoms with van der Waals surface area (Å²) >= 11 is 0. The first-order valence-corrected chi connectivity index (χ1v) is 11.3. The molecule has 2 aromatic rings. The first-order chi connectivity index (χ1) is 15.3. The Morgan fingerprint density at radius 1 is 1.06 bits per heavy atom. The fourth-order valence-electron chi connectivity index (χ4n) is 3.21. The summed E-state index contributed by atoms with van der Waals surface area (Å²) in [6, 6.07) is 14.9. The molecule has 2 amide bonds. The first-order valence-electron chi connectivity index (χ1n) is 11.3. The van der Waals surface area contributed by atoms with Crippen LogP contribution in [-0.4, -0.2) is 42.5 Å². The molecule has 32 heavy (non-hydrogen) atoms. The monoisotopic (exact) mass is 440 g/mol. The zero-order chi connectivity index (χ0) is 23.5. The molecular weight excluding hydrogens is 404 g/mol. The van der Waals surface area contributed by atoms with E-state index in [1.165, 1.54) is 5.56 Å². The van der Waals surface area contributed by atoms with Crippen LogP contribution in [0, 0.1) is 6.92 Å². The van der Waals surface area contributed by atoms with E-state index in [-0.39, 0.29) is 17.9 Å². The summed E-state index contributed by atoms with van der Waals surface area (Å²) in [5.41, 5.74) is 2.09. The van der Waals surface area contributed by atoms with Crippen molar-refractivity contribution in [3.63, 3.8) is 0 Å². The van der Waals surface area contributed by atoms with Gasteiger partial charge in [0.1, 0.15) is 17.5 Å². The average molecular weight is 441 g/mol. The SMILES string of the molecule is CC[C@H](C)NC(=O)[C@H](C)N(Cc1cccc(OC)c1)C(=O)CCCOc1ccc(C)cc1. The van der Waals surface area contributed by atoms with Crippen LogP contribution < -0.4 is 14.8 Å². The summed E-state index contributed by atoms with van der Waals surface area (Å²) in [6.07, 6.45) is 1.70. The fraction of sp³-hybridized carbons (Fsp3) is 0.462. The molecule has 1 N–H and O–H groups in total. The number of aryl methyl sites for hydroxylation is 1. The van der Waals surface area contributed by atoms with Crippen LogP contribution in [-0.2, 0) is 16.1 Å². The number of hydrogen-bond donors (Lipinski definition) is 1. The number of nitrogens with one attached hydrogen (secondary N) is 1. The van der Waals surface area contributed by atoms with Crippen LogP contribution in [0.25, 0.3) is 0 Å². The minimum absolute atomic E-state index is 0.0571. The summed E-state index contributed by atoms with van der Waals surface area (Å²) < 4.78 is 11.0. The van der Waals surface area contributed by atoms with Gasteiger partial charge in [-0.2, -0.15) is 0 Å². The second-order valence-corrected chi connectivity index (χ2v) is 8.13. The number of carbonyl (C=O) groups excluding carboxylic acids is 2. The number of rotatable bonds is 12. The van der Waals surface area contributed by atoms with Crippen LogP contribution in [0.5, 0.6) is 11.5 Å². The van der Waals surface area contributed by atoms with E-state index < -0.39 is 6.04 Å². The van der Waals surface area contributed by atoms with Crippen LogP contribution in [0.2, 0.25) is 0 Å². The summed E-state index contributed by atoms with van der Waals surface area (Å²) in [4.78, 5) is 27.5. The zero-order valence-corrected chi connectivity index (χ0v) is 19.9. The van der Waals surface area contributed by atoms with Gasteiger partial charge in [-0.3, -0.25) is 9.59 Å². The van der Waals surface area contributed by atoms with Crippen molar-refractivity contribution in [2.75, 3.05) is 13.7 Å². The third kappa shape index (κ3) is 7.91. The molecule has 0 unspecified atom stereocenters. The lowest BCUT2D eigenvalue weighted by molar-refractivity contribution is -0.141. The molecule has 0 radical (unpaired) electrons. The minimum Gasteiger partial charge on any atom is -0.497 e. The Hall–Kier alpha value is -3.02. The number of ether oxygens (including phenoxy) is 2. The first kappa shape index (κ1) is 25.2. The molecule has 0 heterocycles. The highest BCUT2D eigenvalue weighted by molar-refractivity contribution is 5.87. The molecule has 0 spiro atoms. The third-order valence-electron chi connectivity index (χ3n) is 5.48. The van der Waals surface area contributed by atoms with Gasteiger partial charge < -0.3 is 19.7 Å². The Bertz CT molecular complexity index is 866. The van der Waals surface area contributed by atoms with Gasteiger partial charge in [-0.05, 0) is 63.4 Å². The van der Waals surface area contributed by atoms with Gasteiger partial charge in [0.25, 0.3) is 0 Å². The largest absolute Gasteiger partial charge is 0.497 e. The van der Waals surface area contributed by atoms with Gasteiger partial charge in [0, 0.05) is 19.0 Å². The molecule has 2 atom stereocenters. The number of methoxy groups -OCH3 is 1. The Morgan fingerprint density at radius 2 is 1.78 bits per heavy atom. The summed E-state index contributed by atoms with van der Waals surface area (Å²) in [7, 11) is 1.61. The van der Waals surface area contributed by atoms with Crippen LogP contribution >= 0.6 is 0 Å². The molecule has 0 aliphatic carbocycles. The van der Waals surface area contributed by atoms with Crippen molar-refractivity contribution < 1.29 is 19.1 Å². The van der Waals surface area contributed by atoms with Gasteiger partial charge in [-0.15, -0.1) is 0 Å². The number of amides is 2. The smallest absolute Gasteiger partial charge is 0.242 e. The molecule has 0 bridgehead atoms. The maximum Gasteiger partial charge on any atom is 0.242 e. The van der Waals surface area contributed by atoms with Crippen molar-refractivity contribution in [3.05, 3.63) is 59.7 Å². The summed E-state index contributed by atoms with van der Waals surface area (Å²) in [5.74, 6) is 1.29. The normalized spacial score (nSPS) is 12.5. The van der Waals surface area contributed by atoms with E-state index in [0.717, 1.165) is 23.5 Å². The predicted octanol–water partition coefficient (Wildman–Crippen LogP) is 4.49. The quantitative estimate of drug-likeness (QED) is 0.494. The predicted molar refractivity (Wildman–Crippen MR) is 127 cm³/mol. The lowest BCUT2D eigenvalue weighted by Gasteiger charge is -2.30. The lowest BCUT2D eigenvalue weighted by atomic mass is 10.1. The van der Waals surface area contributed by atoms with Gasteiger partial charge in [0.15, 0.2) is 0 Å². The maximum atomic E-state index is 13.1. The molecule has 0 saturated carbocycles. The van der Waals surface area contributed by atoms with E-state index in [1.807, 2.05) is 69.3 Å². The van der Waals surface area contributed by atoms with Gasteiger partial charge in [-0.25, -0.2) is 0 Å². The van der Waals surface area contributed by atoms with Gasteiger partial charge in [0.05, 0.1) is 13.7 Å². The standard InChI is InChI=1S/C26H36N2O4/c1-6-20(3)27-26(30)21(4)28(18-22-9-7-10-24(17-22)31-5)25(29)11-8-16-32-23-14-12-19(2)13-15-23/h7,9-10,12-15,17,20-21H,6,8,11,16,18H2,1-5H3,(H,27,30)/t20-,21-/m0/s1. The molecular formula is C26H36N2O4. The number of carbonyl (C=O) groups is 2. The molecule has 174 valence electrons. The van der Waals surface area contributed by atoms with Crippen molar-refractivity contribution in [2.24, 2.45) is 0 Å². The highest BCUT2D eigenvalue weighted by Gasteiger charge is 2.26. The van der Waals surface area contributed by atoms with E-state index in [4.69, 9.17) is 9.47 Å². The molecule has 0 aliphatic rings. The lowest BCUT2D eigenvalue weighted by Crippen LogP contribution is -2.49. The van der Waals surface area contributed by atoms with E-state index in [0.29, 0.717) is 26.0 Å². The van der Waals surface area contributed by atoms with E-state index in [2.05, 4.69) is 5.32 Å².